The van der Waals surface area contributed by atoms with Crippen LogP contribution in [0.15, 0.2) is 23.4 Å². The van der Waals surface area contributed by atoms with Crippen LogP contribution in [-0.4, -0.2) is 49.7 Å². The molecule has 1 amide bonds. The van der Waals surface area contributed by atoms with Crippen molar-refractivity contribution in [2.45, 2.75) is 17.5 Å². The number of aromatic nitrogens is 1. The molecule has 6 nitrogen and oxygen atoms in total. The lowest BCUT2D eigenvalue weighted by molar-refractivity contribution is -0.116. The Bertz CT molecular complexity index is 576. The third-order valence-corrected chi connectivity index (χ3v) is 4.96. The maximum absolute atomic E-state index is 11.9. The van der Waals surface area contributed by atoms with Crippen LogP contribution in [0, 0.1) is 0 Å². The van der Waals surface area contributed by atoms with E-state index in [2.05, 4.69) is 15.6 Å². The third kappa shape index (κ3) is 6.70. The second kappa shape index (κ2) is 9.57. The monoisotopic (exact) mass is 387 g/mol. The van der Waals surface area contributed by atoms with Crippen LogP contribution in [0.4, 0.5) is 5.69 Å². The molecule has 1 aliphatic heterocycles. The van der Waals surface area contributed by atoms with Gasteiger partial charge in [-0.25, -0.2) is 13.4 Å². The molecular formula is C12H19Cl2N3O3S2. The van der Waals surface area contributed by atoms with Gasteiger partial charge in [0.15, 0.2) is 14.9 Å². The first kappa shape index (κ1) is 21.5. The number of carbonyl (C=O) groups is 1. The van der Waals surface area contributed by atoms with E-state index in [4.69, 9.17) is 0 Å². The van der Waals surface area contributed by atoms with Gasteiger partial charge in [-0.15, -0.1) is 24.8 Å². The van der Waals surface area contributed by atoms with E-state index in [1.54, 1.807) is 6.07 Å². The molecule has 2 rings (SSSR count). The van der Waals surface area contributed by atoms with Crippen molar-refractivity contribution in [3.05, 3.63) is 18.3 Å². The Kier molecular flexibility index (Phi) is 9.33. The van der Waals surface area contributed by atoms with Crippen LogP contribution in [0.1, 0.15) is 6.42 Å². The minimum atomic E-state index is -3.31. The van der Waals surface area contributed by atoms with Gasteiger partial charge in [0, 0.05) is 36.8 Å². The Balaban J connectivity index is 0.00000220. The van der Waals surface area contributed by atoms with Crippen LogP contribution in [0.3, 0.4) is 0 Å². The lowest BCUT2D eigenvalue weighted by Gasteiger charge is -2.22. The number of rotatable bonds is 4. The number of amides is 1. The van der Waals surface area contributed by atoms with Gasteiger partial charge in [-0.1, -0.05) is 0 Å². The van der Waals surface area contributed by atoms with E-state index in [0.717, 1.165) is 24.3 Å². The number of nitrogens with zero attached hydrogens (tertiary/aromatic N) is 1. The molecule has 1 saturated heterocycles. The summed E-state index contributed by atoms with van der Waals surface area (Å²) in [5, 5.41) is 6.01. The molecule has 1 unspecified atom stereocenters. The molecule has 2 heterocycles. The molecule has 1 aromatic heterocycles. The Morgan fingerprint density at radius 2 is 2.18 bits per heavy atom. The molecule has 0 saturated carbocycles. The molecule has 0 bridgehead atoms. The molecule has 1 aromatic rings. The highest BCUT2D eigenvalue weighted by Gasteiger charge is 2.17. The van der Waals surface area contributed by atoms with Crippen molar-refractivity contribution < 1.29 is 13.2 Å². The molecular weight excluding hydrogens is 369 g/mol. The van der Waals surface area contributed by atoms with Crippen molar-refractivity contribution in [2.75, 3.05) is 29.6 Å². The van der Waals surface area contributed by atoms with Crippen LogP contribution >= 0.6 is 36.6 Å². The van der Waals surface area contributed by atoms with Gasteiger partial charge in [-0.05, 0) is 12.1 Å². The van der Waals surface area contributed by atoms with Crippen molar-refractivity contribution >= 4 is 58.0 Å². The summed E-state index contributed by atoms with van der Waals surface area (Å²) in [6.07, 6.45) is 2.86. The lowest BCUT2D eigenvalue weighted by Crippen LogP contribution is -2.39. The van der Waals surface area contributed by atoms with Gasteiger partial charge >= 0.3 is 0 Å². The number of pyridine rings is 1. The molecule has 1 atom stereocenters. The van der Waals surface area contributed by atoms with E-state index >= 15 is 0 Å². The highest BCUT2D eigenvalue weighted by Crippen LogP contribution is 2.13. The summed E-state index contributed by atoms with van der Waals surface area (Å²) < 4.78 is 22.5. The highest BCUT2D eigenvalue weighted by molar-refractivity contribution is 7.99. The van der Waals surface area contributed by atoms with Crippen LogP contribution in [-0.2, 0) is 14.6 Å². The molecule has 1 aliphatic rings. The van der Waals surface area contributed by atoms with E-state index in [-0.39, 0.29) is 41.8 Å². The Hall–Kier alpha value is -0.540. The van der Waals surface area contributed by atoms with Gasteiger partial charge in [-0.2, -0.15) is 11.8 Å². The second-order valence-electron chi connectivity index (χ2n) is 4.64. The van der Waals surface area contributed by atoms with Gasteiger partial charge in [0.05, 0.1) is 11.9 Å². The van der Waals surface area contributed by atoms with E-state index < -0.39 is 9.84 Å². The Labute approximate surface area is 147 Å². The van der Waals surface area contributed by atoms with Gasteiger partial charge in [0.1, 0.15) is 0 Å². The largest absolute Gasteiger partial charge is 0.325 e. The fourth-order valence-corrected chi connectivity index (χ4v) is 3.37. The molecule has 0 spiro atoms. The van der Waals surface area contributed by atoms with Crippen molar-refractivity contribution in [2.24, 2.45) is 0 Å². The Morgan fingerprint density at radius 3 is 2.68 bits per heavy atom. The lowest BCUT2D eigenvalue weighted by atomic mass is 10.2. The number of carbonyl (C=O) groups excluding carboxylic acids is 1. The summed E-state index contributed by atoms with van der Waals surface area (Å²) in [6.45, 7) is 0.924. The Morgan fingerprint density at radius 1 is 1.45 bits per heavy atom. The van der Waals surface area contributed by atoms with Crippen molar-refractivity contribution in [1.29, 1.82) is 0 Å². The summed E-state index contributed by atoms with van der Waals surface area (Å²) in [7, 11) is -3.31. The number of anilines is 1. The zero-order chi connectivity index (χ0) is 14.6. The molecule has 2 N–H and O–H groups in total. The van der Waals surface area contributed by atoms with Crippen molar-refractivity contribution in [3.8, 4) is 0 Å². The smallest absolute Gasteiger partial charge is 0.226 e. The van der Waals surface area contributed by atoms with Crippen LogP contribution in [0.5, 0.6) is 0 Å². The van der Waals surface area contributed by atoms with Gasteiger partial charge in [0.2, 0.25) is 5.91 Å². The predicted octanol–water partition coefficient (Wildman–Crippen LogP) is 1.36. The van der Waals surface area contributed by atoms with E-state index in [9.17, 15) is 13.2 Å². The van der Waals surface area contributed by atoms with E-state index in [1.165, 1.54) is 12.3 Å². The topological polar surface area (TPSA) is 88.2 Å². The number of hydrogen-bond donors (Lipinski definition) is 2. The maximum atomic E-state index is 11.9. The average Bonchev–Trinajstić information content (AvgIpc) is 2.39. The van der Waals surface area contributed by atoms with E-state index in [0.29, 0.717) is 12.1 Å². The number of hydrogen-bond acceptors (Lipinski definition) is 6. The van der Waals surface area contributed by atoms with Crippen molar-refractivity contribution in [3.63, 3.8) is 0 Å². The molecule has 0 aliphatic carbocycles. The minimum Gasteiger partial charge on any atom is -0.325 e. The van der Waals surface area contributed by atoms with Crippen LogP contribution < -0.4 is 10.6 Å². The summed E-state index contributed by atoms with van der Waals surface area (Å²) in [5.74, 6) is 1.91. The average molecular weight is 388 g/mol. The third-order valence-electron chi connectivity index (χ3n) is 2.83. The maximum Gasteiger partial charge on any atom is 0.226 e. The first-order valence-corrected chi connectivity index (χ1v) is 9.27. The minimum absolute atomic E-state index is 0. The first-order valence-electron chi connectivity index (χ1n) is 6.22. The molecule has 1 fully saturated rings. The van der Waals surface area contributed by atoms with Crippen LogP contribution in [0.25, 0.3) is 0 Å². The second-order valence-corrected chi connectivity index (χ2v) is 7.75. The fourth-order valence-electron chi connectivity index (χ4n) is 1.86. The van der Waals surface area contributed by atoms with Crippen molar-refractivity contribution in [1.82, 2.24) is 10.3 Å². The van der Waals surface area contributed by atoms with Gasteiger partial charge in [0.25, 0.3) is 0 Å². The fraction of sp³-hybridized carbons (Fsp3) is 0.500. The molecule has 10 heteroatoms. The number of nitrogens with one attached hydrogen (secondary N) is 2. The van der Waals surface area contributed by atoms with Gasteiger partial charge in [-0.3, -0.25) is 4.79 Å². The normalized spacial score (nSPS) is 17.8. The quantitative estimate of drug-likeness (QED) is 0.810. The zero-order valence-corrected chi connectivity index (χ0v) is 15.2. The molecule has 0 aromatic carbocycles. The zero-order valence-electron chi connectivity index (χ0n) is 11.9. The van der Waals surface area contributed by atoms with E-state index in [1.807, 2.05) is 11.8 Å². The molecule has 0 radical (unpaired) electrons. The predicted molar refractivity (Wildman–Crippen MR) is 94.2 cm³/mol. The summed E-state index contributed by atoms with van der Waals surface area (Å²) in [6, 6.07) is 3.13. The standard InChI is InChI=1S/C12H17N3O3S2.2ClH/c1-20(17,18)12-3-2-9(7-14-12)15-11(16)6-10-8-19-5-4-13-10;;/h2-3,7,10,13H,4-6,8H2,1H3,(H,15,16);2*1H. The summed E-state index contributed by atoms with van der Waals surface area (Å²) in [4.78, 5) is 15.7. The summed E-state index contributed by atoms with van der Waals surface area (Å²) in [5.41, 5.74) is 0.505. The highest BCUT2D eigenvalue weighted by atomic mass is 35.5. The number of thioether (sulfide) groups is 1. The summed E-state index contributed by atoms with van der Waals surface area (Å²) >= 11 is 1.83. The van der Waals surface area contributed by atoms with Crippen LogP contribution in [0.2, 0.25) is 0 Å². The molecule has 22 heavy (non-hydrogen) atoms. The molecule has 126 valence electrons. The van der Waals surface area contributed by atoms with Gasteiger partial charge < -0.3 is 10.6 Å². The first-order chi connectivity index (χ1) is 9.45. The number of halogens is 2. The SMILES string of the molecule is CS(=O)(=O)c1ccc(NC(=O)CC2CSCCN2)cn1.Cl.Cl. The number of sulfone groups is 1.